The number of aryl methyl sites for hydroxylation is 1. The molecule has 2 aromatic carbocycles. The van der Waals surface area contributed by atoms with E-state index in [2.05, 4.69) is 56.9 Å². The molecule has 7 nitrogen and oxygen atoms in total. The number of aliphatic imine (C=N–C) groups is 1. The van der Waals surface area contributed by atoms with Gasteiger partial charge in [-0.1, -0.05) is 48.0 Å². The van der Waals surface area contributed by atoms with Crippen LogP contribution in [0.2, 0.25) is 0 Å². The summed E-state index contributed by atoms with van der Waals surface area (Å²) in [6, 6.07) is 20.2. The third kappa shape index (κ3) is 3.87. The van der Waals surface area contributed by atoms with Crippen molar-refractivity contribution in [2.45, 2.75) is 13.5 Å². The molecule has 0 unspecified atom stereocenters. The standard InChI is InChI=1S/C27H20N6OS/c1-17-6-4-7-18(12-17)15-32-16-20(21-9-2-3-10-23(21)32)13-22-24(28)33-27(30-25(22)34)35-26(31-33)19-8-5-11-29-14-19/h2-14,16,28H,15H2,1H3/b22-13-,28-24?. The van der Waals surface area contributed by atoms with Crippen LogP contribution in [0.25, 0.3) is 17.0 Å². The summed E-state index contributed by atoms with van der Waals surface area (Å²) in [7, 11) is 0. The third-order valence-electron chi connectivity index (χ3n) is 5.92. The second kappa shape index (κ2) is 8.48. The van der Waals surface area contributed by atoms with Crippen molar-refractivity contribution < 1.29 is 4.79 Å². The lowest BCUT2D eigenvalue weighted by Gasteiger charge is -2.20. The summed E-state index contributed by atoms with van der Waals surface area (Å²) in [5.74, 6) is -0.422. The summed E-state index contributed by atoms with van der Waals surface area (Å²) in [6.45, 7) is 2.79. The minimum absolute atomic E-state index is 0.0157. The largest absolute Gasteiger partial charge is 0.342 e. The molecule has 0 saturated carbocycles. The Bertz CT molecular complexity index is 1600. The lowest BCUT2D eigenvalue weighted by Crippen LogP contribution is -2.35. The number of amidine groups is 2. The van der Waals surface area contributed by atoms with E-state index >= 15 is 0 Å². The van der Waals surface area contributed by atoms with Crippen LogP contribution in [-0.2, 0) is 11.3 Å². The average Bonchev–Trinajstić information content (AvgIpc) is 3.44. The number of carbonyl (C=O) groups is 1. The van der Waals surface area contributed by atoms with E-state index < -0.39 is 5.91 Å². The van der Waals surface area contributed by atoms with Crippen molar-refractivity contribution in [3.63, 3.8) is 0 Å². The van der Waals surface area contributed by atoms with E-state index in [9.17, 15) is 4.79 Å². The van der Waals surface area contributed by atoms with Gasteiger partial charge in [0.2, 0.25) is 5.17 Å². The number of benzene rings is 2. The zero-order valence-electron chi connectivity index (χ0n) is 18.8. The Morgan fingerprint density at radius 1 is 1.09 bits per heavy atom. The van der Waals surface area contributed by atoms with Crippen molar-refractivity contribution >= 4 is 50.7 Å². The molecule has 4 heterocycles. The number of para-hydroxylation sites is 1. The van der Waals surface area contributed by atoms with Gasteiger partial charge in [0.05, 0.1) is 5.57 Å². The number of nitrogens with zero attached hydrogens (tertiary/aromatic N) is 5. The Labute approximate surface area is 206 Å². The number of fused-ring (bicyclic) bond motifs is 2. The summed E-state index contributed by atoms with van der Waals surface area (Å²) in [5, 5.41) is 16.8. The van der Waals surface area contributed by atoms with Crippen LogP contribution in [0.1, 0.15) is 22.3 Å². The molecule has 8 heteroatoms. The van der Waals surface area contributed by atoms with Gasteiger partial charge in [-0.25, -0.2) is 0 Å². The quantitative estimate of drug-likeness (QED) is 0.417. The molecule has 1 N–H and O–H groups in total. The maximum atomic E-state index is 13.0. The molecule has 0 spiro atoms. The molecule has 0 radical (unpaired) electrons. The molecular formula is C27H20N6OS. The monoisotopic (exact) mass is 476 g/mol. The fourth-order valence-corrected chi connectivity index (χ4v) is 5.16. The van der Waals surface area contributed by atoms with Crippen LogP contribution < -0.4 is 0 Å². The number of carbonyl (C=O) groups excluding carboxylic acids is 1. The predicted molar refractivity (Wildman–Crippen MR) is 141 cm³/mol. The van der Waals surface area contributed by atoms with Gasteiger partial charge in [-0.05, 0) is 48.5 Å². The van der Waals surface area contributed by atoms with Gasteiger partial charge >= 0.3 is 0 Å². The van der Waals surface area contributed by atoms with E-state index in [1.165, 1.54) is 27.9 Å². The van der Waals surface area contributed by atoms with Gasteiger partial charge < -0.3 is 4.57 Å². The van der Waals surface area contributed by atoms with Crippen molar-refractivity contribution in [1.82, 2.24) is 14.6 Å². The number of hydrogen-bond donors (Lipinski definition) is 1. The smallest absolute Gasteiger partial charge is 0.283 e. The second-order valence-corrected chi connectivity index (χ2v) is 9.34. The molecule has 0 fully saturated rings. The molecule has 2 aliphatic heterocycles. The predicted octanol–water partition coefficient (Wildman–Crippen LogP) is 5.06. The van der Waals surface area contributed by atoms with Gasteiger partial charge in [0, 0.05) is 47.2 Å². The van der Waals surface area contributed by atoms with E-state index in [4.69, 9.17) is 5.41 Å². The summed E-state index contributed by atoms with van der Waals surface area (Å²) in [5.41, 5.74) is 5.37. The van der Waals surface area contributed by atoms with Crippen molar-refractivity contribution in [1.29, 1.82) is 5.41 Å². The summed E-state index contributed by atoms with van der Waals surface area (Å²) >= 11 is 1.27. The van der Waals surface area contributed by atoms with Crippen LogP contribution in [0.5, 0.6) is 0 Å². The van der Waals surface area contributed by atoms with Gasteiger partial charge in [-0.2, -0.15) is 15.1 Å². The molecule has 1 amide bonds. The molecule has 6 rings (SSSR count). The lowest BCUT2D eigenvalue weighted by atomic mass is 10.1. The first-order valence-electron chi connectivity index (χ1n) is 11.1. The van der Waals surface area contributed by atoms with Crippen LogP contribution in [0.15, 0.2) is 94.9 Å². The maximum absolute atomic E-state index is 13.0. The first kappa shape index (κ1) is 21.2. The number of pyridine rings is 1. The second-order valence-electron chi connectivity index (χ2n) is 8.39. The molecule has 4 aromatic rings. The zero-order valence-corrected chi connectivity index (χ0v) is 19.7. The van der Waals surface area contributed by atoms with Crippen molar-refractivity contribution in [2.75, 3.05) is 0 Å². The number of rotatable bonds is 4. The molecule has 35 heavy (non-hydrogen) atoms. The molecule has 0 saturated heterocycles. The summed E-state index contributed by atoms with van der Waals surface area (Å²) in [6.07, 6.45) is 7.18. The zero-order chi connectivity index (χ0) is 23.9. The highest BCUT2D eigenvalue weighted by atomic mass is 32.2. The topological polar surface area (TPSA) is 86.7 Å². The highest BCUT2D eigenvalue weighted by molar-refractivity contribution is 8.27. The van der Waals surface area contributed by atoms with Crippen LogP contribution in [0.3, 0.4) is 0 Å². The normalized spacial score (nSPS) is 16.6. The highest BCUT2D eigenvalue weighted by Crippen LogP contribution is 2.32. The van der Waals surface area contributed by atoms with Gasteiger partial charge in [0.25, 0.3) is 5.91 Å². The maximum Gasteiger partial charge on any atom is 0.283 e. The van der Waals surface area contributed by atoms with Crippen LogP contribution >= 0.6 is 11.8 Å². The lowest BCUT2D eigenvalue weighted by molar-refractivity contribution is -0.114. The Morgan fingerprint density at radius 2 is 1.97 bits per heavy atom. The van der Waals surface area contributed by atoms with Crippen molar-refractivity contribution in [3.05, 3.63) is 107 Å². The minimum Gasteiger partial charge on any atom is -0.342 e. The van der Waals surface area contributed by atoms with E-state index in [-0.39, 0.29) is 11.4 Å². The number of hydrogen-bond acceptors (Lipinski definition) is 5. The molecular weight excluding hydrogens is 456 g/mol. The Kier molecular flexibility index (Phi) is 5.15. The van der Waals surface area contributed by atoms with Gasteiger partial charge in [0.15, 0.2) is 5.84 Å². The molecule has 2 aliphatic rings. The number of hydrazone groups is 1. The number of amides is 1. The van der Waals surface area contributed by atoms with Gasteiger partial charge in [-0.15, -0.1) is 0 Å². The van der Waals surface area contributed by atoms with Crippen molar-refractivity contribution in [3.8, 4) is 0 Å². The fraction of sp³-hybridized carbons (Fsp3) is 0.0741. The molecule has 0 bridgehead atoms. The van der Waals surface area contributed by atoms with E-state index in [1.807, 2.05) is 36.5 Å². The number of aromatic nitrogens is 2. The fourth-order valence-electron chi connectivity index (χ4n) is 4.28. The van der Waals surface area contributed by atoms with E-state index in [0.29, 0.717) is 16.8 Å². The van der Waals surface area contributed by atoms with Crippen molar-refractivity contribution in [2.24, 2.45) is 10.1 Å². The highest BCUT2D eigenvalue weighted by Gasteiger charge is 2.36. The first-order valence-corrected chi connectivity index (χ1v) is 11.9. The average molecular weight is 477 g/mol. The van der Waals surface area contributed by atoms with Gasteiger partial charge in [0.1, 0.15) is 5.04 Å². The molecule has 170 valence electrons. The van der Waals surface area contributed by atoms with Crippen LogP contribution in [0, 0.1) is 12.3 Å². The SMILES string of the molecule is Cc1cccc(Cn2cc(/C=C3/C(=N)N4N=C(c5cccnc5)SC4=NC3=O)c3ccccc32)c1. The Hall–Kier alpha value is -4.30. The van der Waals surface area contributed by atoms with E-state index in [0.717, 1.165) is 22.0 Å². The molecule has 2 aromatic heterocycles. The molecule has 0 atom stereocenters. The van der Waals surface area contributed by atoms with Gasteiger partial charge in [-0.3, -0.25) is 15.2 Å². The Balaban J connectivity index is 1.38. The molecule has 0 aliphatic carbocycles. The van der Waals surface area contributed by atoms with Crippen LogP contribution in [0.4, 0.5) is 0 Å². The number of thioether (sulfide) groups is 1. The summed E-state index contributed by atoms with van der Waals surface area (Å²) in [4.78, 5) is 21.3. The third-order valence-corrected chi connectivity index (χ3v) is 6.88. The summed E-state index contributed by atoms with van der Waals surface area (Å²) < 4.78 is 2.17. The number of nitrogens with one attached hydrogen (secondary N) is 1. The minimum atomic E-state index is -0.438. The Morgan fingerprint density at radius 3 is 2.80 bits per heavy atom. The first-order chi connectivity index (χ1) is 17.1. The van der Waals surface area contributed by atoms with Crippen LogP contribution in [-0.4, -0.2) is 36.5 Å². The van der Waals surface area contributed by atoms with E-state index in [1.54, 1.807) is 18.5 Å².